The smallest absolute Gasteiger partial charge is 0.261 e. The zero-order valence-corrected chi connectivity index (χ0v) is 18.8. The molecule has 3 rings (SSSR count). The summed E-state index contributed by atoms with van der Waals surface area (Å²) < 4.78 is 28.6. The van der Waals surface area contributed by atoms with Crippen LogP contribution in [0.5, 0.6) is 0 Å². The van der Waals surface area contributed by atoms with Gasteiger partial charge in [0.05, 0.1) is 4.90 Å². The largest absolute Gasteiger partial charge is 0.326 e. The maximum Gasteiger partial charge on any atom is 0.261 e. The Labute approximate surface area is 188 Å². The van der Waals surface area contributed by atoms with Gasteiger partial charge in [-0.25, -0.2) is 8.42 Å². The lowest BCUT2D eigenvalue weighted by Gasteiger charge is -2.10. The van der Waals surface area contributed by atoms with Gasteiger partial charge in [0.25, 0.3) is 15.9 Å². The normalized spacial score (nSPS) is 10.9. The first-order valence-electron chi connectivity index (χ1n) is 8.80. The third-order valence-corrected chi connectivity index (χ3v) is 6.08. The molecule has 3 N–H and O–H groups in total. The average molecular weight is 535 g/mol. The van der Waals surface area contributed by atoms with Gasteiger partial charge in [-0.05, 0) is 89.3 Å². The van der Waals surface area contributed by atoms with Gasteiger partial charge in [0.1, 0.15) is 0 Å². The third-order valence-electron chi connectivity index (χ3n) is 3.96. The predicted molar refractivity (Wildman–Crippen MR) is 125 cm³/mol. The van der Waals surface area contributed by atoms with Crippen molar-refractivity contribution in [3.63, 3.8) is 0 Å². The standard InChI is InChI=1S/C21H18IN3O4S/c1-14(26)23-19-4-2-3-15(13-19)21(27)24-17-9-11-20(12-10-17)30(28,29)25-18-7-5-16(22)6-8-18/h2-13,25H,1H3,(H,23,26)(H,24,27). The van der Waals surface area contributed by atoms with Gasteiger partial charge in [-0.3, -0.25) is 14.3 Å². The lowest BCUT2D eigenvalue weighted by Crippen LogP contribution is -2.14. The van der Waals surface area contributed by atoms with Gasteiger partial charge in [-0.2, -0.15) is 0 Å². The number of amides is 2. The Morgan fingerprint density at radius 2 is 1.43 bits per heavy atom. The van der Waals surface area contributed by atoms with Crippen LogP contribution in [0.4, 0.5) is 17.1 Å². The summed E-state index contributed by atoms with van der Waals surface area (Å²) in [6.45, 7) is 1.38. The number of hydrogen-bond acceptors (Lipinski definition) is 4. The molecule has 0 bridgehead atoms. The molecular formula is C21H18IN3O4S. The van der Waals surface area contributed by atoms with Crippen LogP contribution in [-0.2, 0) is 14.8 Å². The van der Waals surface area contributed by atoms with E-state index in [1.807, 2.05) is 0 Å². The van der Waals surface area contributed by atoms with E-state index >= 15 is 0 Å². The van der Waals surface area contributed by atoms with Crippen molar-refractivity contribution in [2.24, 2.45) is 0 Å². The number of halogens is 1. The van der Waals surface area contributed by atoms with Gasteiger partial charge >= 0.3 is 0 Å². The first kappa shape index (κ1) is 21.8. The maximum absolute atomic E-state index is 12.5. The Morgan fingerprint density at radius 3 is 2.07 bits per heavy atom. The van der Waals surface area contributed by atoms with Crippen molar-refractivity contribution in [3.8, 4) is 0 Å². The molecule has 7 nitrogen and oxygen atoms in total. The van der Waals surface area contributed by atoms with E-state index in [4.69, 9.17) is 0 Å². The second-order valence-electron chi connectivity index (χ2n) is 6.35. The van der Waals surface area contributed by atoms with E-state index in [1.165, 1.54) is 31.2 Å². The van der Waals surface area contributed by atoms with Gasteiger partial charge in [-0.1, -0.05) is 6.07 Å². The summed E-state index contributed by atoms with van der Waals surface area (Å²) in [6.07, 6.45) is 0. The molecule has 3 aromatic carbocycles. The summed E-state index contributed by atoms with van der Waals surface area (Å²) >= 11 is 2.14. The van der Waals surface area contributed by atoms with Crippen LogP contribution in [0.3, 0.4) is 0 Å². The zero-order valence-electron chi connectivity index (χ0n) is 15.8. The molecule has 0 atom stereocenters. The number of carbonyl (C=O) groups excluding carboxylic acids is 2. The van der Waals surface area contributed by atoms with Gasteiger partial charge in [0.2, 0.25) is 5.91 Å². The quantitative estimate of drug-likeness (QED) is 0.410. The number of carbonyl (C=O) groups is 2. The number of nitrogens with one attached hydrogen (secondary N) is 3. The Bertz CT molecular complexity index is 1180. The predicted octanol–water partition coefficient (Wildman–Crippen LogP) is 4.30. The molecule has 30 heavy (non-hydrogen) atoms. The van der Waals surface area contributed by atoms with Crippen molar-refractivity contribution in [2.45, 2.75) is 11.8 Å². The second kappa shape index (κ2) is 9.26. The van der Waals surface area contributed by atoms with Crippen molar-refractivity contribution in [1.82, 2.24) is 0 Å². The first-order chi connectivity index (χ1) is 14.2. The molecule has 0 spiro atoms. The van der Waals surface area contributed by atoms with Crippen molar-refractivity contribution in [1.29, 1.82) is 0 Å². The van der Waals surface area contributed by atoms with Gasteiger partial charge in [0.15, 0.2) is 0 Å². The molecule has 2 amide bonds. The number of rotatable bonds is 6. The summed E-state index contributed by atoms with van der Waals surface area (Å²) in [4.78, 5) is 23.7. The Kier molecular flexibility index (Phi) is 6.73. The van der Waals surface area contributed by atoms with Crippen LogP contribution in [0.15, 0.2) is 77.7 Å². The summed E-state index contributed by atoms with van der Waals surface area (Å²) in [5, 5.41) is 5.32. The molecule has 0 radical (unpaired) electrons. The van der Waals surface area contributed by atoms with Crippen LogP contribution < -0.4 is 15.4 Å². The van der Waals surface area contributed by atoms with E-state index in [1.54, 1.807) is 48.5 Å². The van der Waals surface area contributed by atoms with Crippen LogP contribution in [0.25, 0.3) is 0 Å². The topological polar surface area (TPSA) is 104 Å². The minimum atomic E-state index is -3.75. The minimum Gasteiger partial charge on any atom is -0.326 e. The van der Waals surface area contributed by atoms with Crippen molar-refractivity contribution in [3.05, 3.63) is 81.9 Å². The molecule has 3 aromatic rings. The molecule has 0 aromatic heterocycles. The van der Waals surface area contributed by atoms with Crippen molar-refractivity contribution >= 4 is 61.5 Å². The lowest BCUT2D eigenvalue weighted by atomic mass is 10.2. The maximum atomic E-state index is 12.5. The fraction of sp³-hybridized carbons (Fsp3) is 0.0476. The molecule has 0 aliphatic heterocycles. The Balaban J connectivity index is 1.70. The molecule has 0 saturated heterocycles. The monoisotopic (exact) mass is 535 g/mol. The molecule has 0 fully saturated rings. The highest BCUT2D eigenvalue weighted by Gasteiger charge is 2.15. The number of hydrogen-bond donors (Lipinski definition) is 3. The highest BCUT2D eigenvalue weighted by Crippen LogP contribution is 2.20. The highest BCUT2D eigenvalue weighted by molar-refractivity contribution is 14.1. The second-order valence-corrected chi connectivity index (χ2v) is 9.28. The average Bonchev–Trinajstić information content (AvgIpc) is 2.70. The number of sulfonamides is 1. The summed E-state index contributed by atoms with van der Waals surface area (Å²) in [7, 11) is -3.75. The van der Waals surface area contributed by atoms with E-state index in [9.17, 15) is 18.0 Å². The van der Waals surface area contributed by atoms with Crippen LogP contribution in [0.1, 0.15) is 17.3 Å². The lowest BCUT2D eigenvalue weighted by molar-refractivity contribution is -0.114. The van der Waals surface area contributed by atoms with E-state index in [2.05, 4.69) is 37.9 Å². The van der Waals surface area contributed by atoms with Crippen molar-refractivity contribution < 1.29 is 18.0 Å². The van der Waals surface area contributed by atoms with Crippen LogP contribution in [0.2, 0.25) is 0 Å². The molecule has 0 unspecified atom stereocenters. The molecule has 0 heterocycles. The summed E-state index contributed by atoms with van der Waals surface area (Å²) in [5.74, 6) is -0.613. The van der Waals surface area contributed by atoms with Crippen LogP contribution in [0, 0.1) is 3.57 Å². The van der Waals surface area contributed by atoms with Crippen molar-refractivity contribution in [2.75, 3.05) is 15.4 Å². The molecule has 0 saturated carbocycles. The molecule has 0 aliphatic rings. The molecule has 154 valence electrons. The minimum absolute atomic E-state index is 0.0757. The fourth-order valence-electron chi connectivity index (χ4n) is 2.59. The molecule has 9 heteroatoms. The van der Waals surface area contributed by atoms with Gasteiger partial charge < -0.3 is 10.6 Å². The number of anilines is 3. The van der Waals surface area contributed by atoms with E-state index in [0.29, 0.717) is 22.6 Å². The van der Waals surface area contributed by atoms with Gasteiger partial charge in [0, 0.05) is 33.1 Å². The van der Waals surface area contributed by atoms with E-state index < -0.39 is 10.0 Å². The third kappa shape index (κ3) is 5.80. The highest BCUT2D eigenvalue weighted by atomic mass is 127. The van der Waals surface area contributed by atoms with E-state index in [0.717, 1.165) is 3.57 Å². The molecular weight excluding hydrogens is 517 g/mol. The van der Waals surface area contributed by atoms with Crippen LogP contribution in [-0.4, -0.2) is 20.2 Å². The fourth-order valence-corrected chi connectivity index (χ4v) is 4.01. The van der Waals surface area contributed by atoms with Crippen LogP contribution >= 0.6 is 22.6 Å². The molecule has 0 aliphatic carbocycles. The number of benzene rings is 3. The first-order valence-corrected chi connectivity index (χ1v) is 11.4. The van der Waals surface area contributed by atoms with E-state index in [-0.39, 0.29) is 16.7 Å². The SMILES string of the molecule is CC(=O)Nc1cccc(C(=O)Nc2ccc(S(=O)(=O)Nc3ccc(I)cc3)cc2)c1. The summed E-state index contributed by atoms with van der Waals surface area (Å²) in [5.41, 5.74) is 1.78. The summed E-state index contributed by atoms with van der Waals surface area (Å²) in [6, 6.07) is 19.3. The van der Waals surface area contributed by atoms with Gasteiger partial charge in [-0.15, -0.1) is 0 Å². The Hall–Kier alpha value is -2.92. The Morgan fingerprint density at radius 1 is 0.800 bits per heavy atom. The zero-order chi connectivity index (χ0) is 21.7.